The second kappa shape index (κ2) is 6.26. The predicted molar refractivity (Wildman–Crippen MR) is 79.2 cm³/mol. The SMILES string of the molecule is CNC(c1cc(OC)c(C)cc1OC)C(C)(C)NC. The van der Waals surface area contributed by atoms with Gasteiger partial charge in [-0.15, -0.1) is 0 Å². The van der Waals surface area contributed by atoms with Crippen LogP contribution in [0.15, 0.2) is 12.1 Å². The summed E-state index contributed by atoms with van der Waals surface area (Å²) < 4.78 is 10.9. The number of likely N-dealkylation sites (N-methyl/N-ethyl adjacent to an activating group) is 2. The van der Waals surface area contributed by atoms with E-state index in [1.807, 2.05) is 27.1 Å². The van der Waals surface area contributed by atoms with Crippen molar-refractivity contribution in [2.75, 3.05) is 28.3 Å². The lowest BCUT2D eigenvalue weighted by molar-refractivity contribution is 0.299. The van der Waals surface area contributed by atoms with Gasteiger partial charge in [0.25, 0.3) is 0 Å². The molecule has 0 spiro atoms. The normalized spacial score (nSPS) is 13.2. The van der Waals surface area contributed by atoms with Crippen LogP contribution in [-0.2, 0) is 0 Å². The van der Waals surface area contributed by atoms with Crippen molar-refractivity contribution in [2.24, 2.45) is 0 Å². The van der Waals surface area contributed by atoms with E-state index in [1.54, 1.807) is 14.2 Å². The Morgan fingerprint density at radius 3 is 2.05 bits per heavy atom. The van der Waals surface area contributed by atoms with E-state index in [9.17, 15) is 0 Å². The first-order valence-electron chi connectivity index (χ1n) is 6.50. The molecule has 0 heterocycles. The third kappa shape index (κ3) is 3.19. The highest BCUT2D eigenvalue weighted by atomic mass is 16.5. The predicted octanol–water partition coefficient (Wildman–Crippen LogP) is 2.27. The molecular formula is C15H26N2O2. The van der Waals surface area contributed by atoms with Gasteiger partial charge in [-0.25, -0.2) is 0 Å². The maximum atomic E-state index is 5.52. The summed E-state index contributed by atoms with van der Waals surface area (Å²) in [4.78, 5) is 0. The van der Waals surface area contributed by atoms with Gasteiger partial charge in [0.1, 0.15) is 11.5 Å². The third-order valence-corrected chi connectivity index (χ3v) is 3.71. The Bertz CT molecular complexity index is 430. The van der Waals surface area contributed by atoms with E-state index >= 15 is 0 Å². The highest BCUT2D eigenvalue weighted by Gasteiger charge is 2.30. The number of methoxy groups -OCH3 is 2. The number of rotatable bonds is 6. The van der Waals surface area contributed by atoms with Crippen LogP contribution < -0.4 is 20.1 Å². The van der Waals surface area contributed by atoms with E-state index in [0.29, 0.717) is 0 Å². The van der Waals surface area contributed by atoms with Crippen LogP contribution in [0, 0.1) is 6.92 Å². The minimum atomic E-state index is -0.109. The van der Waals surface area contributed by atoms with E-state index < -0.39 is 0 Å². The molecule has 108 valence electrons. The molecule has 0 aliphatic heterocycles. The molecule has 2 N–H and O–H groups in total. The van der Waals surface area contributed by atoms with Gasteiger partial charge in [-0.2, -0.15) is 0 Å². The molecule has 0 saturated carbocycles. The molecule has 0 fully saturated rings. The molecule has 1 rings (SSSR count). The van der Waals surface area contributed by atoms with E-state index in [1.165, 1.54) is 0 Å². The Hall–Kier alpha value is -1.26. The van der Waals surface area contributed by atoms with E-state index in [-0.39, 0.29) is 11.6 Å². The smallest absolute Gasteiger partial charge is 0.124 e. The van der Waals surface area contributed by atoms with Crippen molar-refractivity contribution in [3.63, 3.8) is 0 Å². The third-order valence-electron chi connectivity index (χ3n) is 3.71. The average molecular weight is 266 g/mol. The van der Waals surface area contributed by atoms with Crippen LogP contribution in [0.2, 0.25) is 0 Å². The summed E-state index contributed by atoms with van der Waals surface area (Å²) >= 11 is 0. The summed E-state index contributed by atoms with van der Waals surface area (Å²) in [6.45, 7) is 6.32. The quantitative estimate of drug-likeness (QED) is 0.829. The fourth-order valence-electron chi connectivity index (χ4n) is 2.35. The van der Waals surface area contributed by atoms with Crippen LogP contribution in [0.3, 0.4) is 0 Å². The second-order valence-electron chi connectivity index (χ2n) is 5.26. The van der Waals surface area contributed by atoms with Crippen molar-refractivity contribution in [3.8, 4) is 11.5 Å². The Morgan fingerprint density at radius 2 is 1.63 bits per heavy atom. The fraction of sp³-hybridized carbons (Fsp3) is 0.600. The number of benzene rings is 1. The molecule has 1 aromatic carbocycles. The van der Waals surface area contributed by atoms with Gasteiger partial charge in [0.05, 0.1) is 20.3 Å². The molecule has 1 atom stereocenters. The van der Waals surface area contributed by atoms with Crippen molar-refractivity contribution in [1.82, 2.24) is 10.6 Å². The lowest BCUT2D eigenvalue weighted by Gasteiger charge is -2.35. The zero-order valence-electron chi connectivity index (χ0n) is 13.0. The van der Waals surface area contributed by atoms with Crippen LogP contribution in [0.25, 0.3) is 0 Å². The molecular weight excluding hydrogens is 240 g/mol. The standard InChI is InChI=1S/C15H26N2O2/c1-10-8-13(19-7)11(9-12(10)18-6)14(16-4)15(2,3)17-5/h8-9,14,16-17H,1-7H3. The average Bonchev–Trinajstić information content (AvgIpc) is 2.40. The van der Waals surface area contributed by atoms with Crippen molar-refractivity contribution in [2.45, 2.75) is 32.4 Å². The summed E-state index contributed by atoms with van der Waals surface area (Å²) in [5.74, 6) is 1.75. The van der Waals surface area contributed by atoms with Gasteiger partial charge in [-0.3, -0.25) is 0 Å². The number of ether oxygens (including phenoxy) is 2. The largest absolute Gasteiger partial charge is 0.496 e. The van der Waals surface area contributed by atoms with Gasteiger partial charge < -0.3 is 20.1 Å². The van der Waals surface area contributed by atoms with Gasteiger partial charge >= 0.3 is 0 Å². The molecule has 0 radical (unpaired) electrons. The molecule has 1 aromatic rings. The lowest BCUT2D eigenvalue weighted by atomic mass is 9.87. The maximum Gasteiger partial charge on any atom is 0.124 e. The number of hydrogen-bond donors (Lipinski definition) is 2. The summed E-state index contributed by atoms with van der Waals surface area (Å²) in [7, 11) is 7.30. The van der Waals surface area contributed by atoms with Crippen LogP contribution >= 0.6 is 0 Å². The summed E-state index contributed by atoms with van der Waals surface area (Å²) in [5.41, 5.74) is 2.05. The topological polar surface area (TPSA) is 42.5 Å². The van der Waals surface area contributed by atoms with Gasteiger partial charge in [-0.05, 0) is 52.6 Å². The molecule has 1 unspecified atom stereocenters. The fourth-order valence-corrected chi connectivity index (χ4v) is 2.35. The number of hydrogen-bond acceptors (Lipinski definition) is 4. The van der Waals surface area contributed by atoms with Crippen LogP contribution in [0.4, 0.5) is 0 Å². The highest BCUT2D eigenvalue weighted by Crippen LogP contribution is 2.36. The first-order valence-corrected chi connectivity index (χ1v) is 6.50. The van der Waals surface area contributed by atoms with Crippen LogP contribution in [-0.4, -0.2) is 33.9 Å². The Kier molecular flexibility index (Phi) is 5.20. The van der Waals surface area contributed by atoms with E-state index in [0.717, 1.165) is 22.6 Å². The Morgan fingerprint density at radius 1 is 1.05 bits per heavy atom. The Balaban J connectivity index is 3.37. The van der Waals surface area contributed by atoms with E-state index in [4.69, 9.17) is 9.47 Å². The second-order valence-corrected chi connectivity index (χ2v) is 5.26. The molecule has 0 bridgehead atoms. The molecule has 0 amide bonds. The van der Waals surface area contributed by atoms with Crippen molar-refractivity contribution >= 4 is 0 Å². The number of aryl methyl sites for hydroxylation is 1. The highest BCUT2D eigenvalue weighted by molar-refractivity contribution is 5.48. The monoisotopic (exact) mass is 266 g/mol. The van der Waals surface area contributed by atoms with Crippen molar-refractivity contribution in [1.29, 1.82) is 0 Å². The molecule has 0 saturated heterocycles. The minimum absolute atomic E-state index is 0.109. The maximum absolute atomic E-state index is 5.52. The molecule has 0 aromatic heterocycles. The van der Waals surface area contributed by atoms with Crippen molar-refractivity contribution in [3.05, 3.63) is 23.3 Å². The summed E-state index contributed by atoms with van der Waals surface area (Å²) in [6.07, 6.45) is 0. The lowest BCUT2D eigenvalue weighted by Crippen LogP contribution is -2.47. The van der Waals surface area contributed by atoms with Gasteiger partial charge in [-0.1, -0.05) is 0 Å². The molecule has 0 aliphatic rings. The van der Waals surface area contributed by atoms with E-state index in [2.05, 4.69) is 30.5 Å². The number of nitrogens with one attached hydrogen (secondary N) is 2. The molecule has 4 nitrogen and oxygen atoms in total. The zero-order chi connectivity index (χ0) is 14.6. The minimum Gasteiger partial charge on any atom is -0.496 e. The Labute approximate surface area is 116 Å². The summed E-state index contributed by atoms with van der Waals surface area (Å²) in [6, 6.07) is 4.18. The molecule has 4 heteroatoms. The summed E-state index contributed by atoms with van der Waals surface area (Å²) in [5, 5.41) is 6.69. The zero-order valence-corrected chi connectivity index (χ0v) is 13.0. The molecule has 0 aliphatic carbocycles. The van der Waals surface area contributed by atoms with Gasteiger partial charge in [0, 0.05) is 11.1 Å². The van der Waals surface area contributed by atoms with Gasteiger partial charge in [0.2, 0.25) is 0 Å². The molecule has 19 heavy (non-hydrogen) atoms. The first-order chi connectivity index (χ1) is 8.91. The van der Waals surface area contributed by atoms with Crippen LogP contribution in [0.1, 0.15) is 31.0 Å². The first kappa shape index (κ1) is 15.8. The van der Waals surface area contributed by atoms with Gasteiger partial charge in [0.15, 0.2) is 0 Å². The van der Waals surface area contributed by atoms with Crippen LogP contribution in [0.5, 0.6) is 11.5 Å². The van der Waals surface area contributed by atoms with Crippen molar-refractivity contribution < 1.29 is 9.47 Å².